The lowest BCUT2D eigenvalue weighted by atomic mass is 9.58. The van der Waals surface area contributed by atoms with Gasteiger partial charge >= 0.3 is 12.1 Å². The van der Waals surface area contributed by atoms with E-state index in [0.717, 1.165) is 18.4 Å². The van der Waals surface area contributed by atoms with Crippen LogP contribution in [0.15, 0.2) is 41.5 Å². The lowest BCUT2D eigenvalue weighted by Gasteiger charge is -2.57. The fourth-order valence-corrected chi connectivity index (χ4v) is 6.40. The quantitative estimate of drug-likeness (QED) is 0.637. The van der Waals surface area contributed by atoms with Gasteiger partial charge in [-0.15, -0.1) is 0 Å². The van der Waals surface area contributed by atoms with Crippen molar-refractivity contribution in [2.75, 3.05) is 7.05 Å². The number of carbonyl (C=O) groups excluding carboxylic acids is 1. The second-order valence-corrected chi connectivity index (χ2v) is 9.87. The minimum atomic E-state index is -1.32. The lowest BCUT2D eigenvalue weighted by Crippen LogP contribution is -2.65. The van der Waals surface area contributed by atoms with E-state index in [1.165, 1.54) is 0 Å². The molecular weight excluding hydrogens is 396 g/mol. The summed E-state index contributed by atoms with van der Waals surface area (Å²) in [6.07, 6.45) is 2.12. The summed E-state index contributed by atoms with van der Waals surface area (Å²) in [4.78, 5) is 26.2. The number of aliphatic carboxylic acids is 1. The number of hydrogen-bond acceptors (Lipinski definition) is 5. The summed E-state index contributed by atoms with van der Waals surface area (Å²) in [6, 6.07) is 9.38. The third-order valence-corrected chi connectivity index (χ3v) is 8.59. The molecule has 2 aliphatic heterocycles. The average molecular weight is 429 g/mol. The van der Waals surface area contributed by atoms with Gasteiger partial charge in [0, 0.05) is 24.1 Å². The molecule has 1 amide bonds. The zero-order valence-electron chi connectivity index (χ0n) is 18.6. The maximum Gasteiger partial charge on any atom is 0.407 e. The number of piperidine rings is 1. The highest BCUT2D eigenvalue weighted by atomic mass is 16.5. The van der Waals surface area contributed by atoms with Gasteiger partial charge in [0.2, 0.25) is 0 Å². The van der Waals surface area contributed by atoms with E-state index in [-0.39, 0.29) is 29.7 Å². The largest absolute Gasteiger partial charge is 0.478 e. The molecule has 7 nitrogen and oxygen atoms in total. The van der Waals surface area contributed by atoms with Crippen LogP contribution in [0.25, 0.3) is 0 Å². The van der Waals surface area contributed by atoms with Gasteiger partial charge in [-0.1, -0.05) is 44.2 Å². The molecule has 1 saturated carbocycles. The van der Waals surface area contributed by atoms with Crippen LogP contribution in [0.3, 0.4) is 0 Å². The van der Waals surface area contributed by atoms with Crippen LogP contribution in [0.1, 0.15) is 52.0 Å². The monoisotopic (exact) mass is 428 g/mol. The van der Waals surface area contributed by atoms with Crippen LogP contribution in [0.5, 0.6) is 0 Å². The third kappa shape index (κ3) is 3.17. The van der Waals surface area contributed by atoms with Crippen molar-refractivity contribution >= 4 is 12.1 Å². The molecular formula is C24H32N2O5. The molecule has 168 valence electrons. The minimum Gasteiger partial charge on any atom is -0.478 e. The number of hydrogen-bond donors (Lipinski definition) is 3. The number of alkyl carbamates (subject to hydrolysis) is 1. The summed E-state index contributed by atoms with van der Waals surface area (Å²) in [7, 11) is 1.88. The molecule has 1 aromatic carbocycles. The van der Waals surface area contributed by atoms with Crippen LogP contribution in [0.4, 0.5) is 4.79 Å². The Morgan fingerprint density at radius 2 is 1.90 bits per heavy atom. The van der Waals surface area contributed by atoms with Gasteiger partial charge in [-0.3, -0.25) is 4.90 Å². The van der Waals surface area contributed by atoms with Crippen LogP contribution < -0.4 is 5.32 Å². The van der Waals surface area contributed by atoms with E-state index in [2.05, 4.69) is 19.2 Å². The Balaban J connectivity index is 1.56. The Bertz CT molecular complexity index is 931. The van der Waals surface area contributed by atoms with E-state index in [1.807, 2.05) is 42.3 Å². The lowest BCUT2D eigenvalue weighted by molar-refractivity contribution is -0.176. The number of ether oxygens (including phenoxy) is 1. The van der Waals surface area contributed by atoms with Gasteiger partial charge in [-0.05, 0) is 55.2 Å². The van der Waals surface area contributed by atoms with Gasteiger partial charge in [0.05, 0.1) is 0 Å². The van der Waals surface area contributed by atoms with Crippen molar-refractivity contribution in [2.24, 2.45) is 10.8 Å². The number of rotatable bonds is 4. The van der Waals surface area contributed by atoms with Crippen LogP contribution in [0.2, 0.25) is 0 Å². The molecule has 2 heterocycles. The number of carbonyl (C=O) groups is 2. The fourth-order valence-electron chi connectivity index (χ4n) is 6.40. The van der Waals surface area contributed by atoms with Crippen LogP contribution in [0, 0.1) is 10.8 Å². The van der Waals surface area contributed by atoms with Crippen LogP contribution in [-0.4, -0.2) is 52.0 Å². The summed E-state index contributed by atoms with van der Waals surface area (Å²) >= 11 is 0. The smallest absolute Gasteiger partial charge is 0.407 e. The molecule has 0 spiro atoms. The first-order valence-electron chi connectivity index (χ1n) is 10.9. The van der Waals surface area contributed by atoms with Crippen molar-refractivity contribution in [2.45, 2.75) is 70.9 Å². The number of nitrogens with zero attached hydrogens (tertiary/aromatic N) is 1. The Morgan fingerprint density at radius 3 is 2.55 bits per heavy atom. The van der Waals surface area contributed by atoms with Crippen molar-refractivity contribution in [3.8, 4) is 0 Å². The molecule has 1 aliphatic carbocycles. The molecule has 0 aromatic heterocycles. The summed E-state index contributed by atoms with van der Waals surface area (Å²) in [5.41, 5.74) is -0.159. The average Bonchev–Trinajstić information content (AvgIpc) is 3.10. The number of likely N-dealkylation sites (N-methyl/N-ethyl adjacent to an activating group) is 1. The second kappa shape index (κ2) is 7.35. The molecule has 2 bridgehead atoms. The molecule has 3 aliphatic rings. The second-order valence-electron chi connectivity index (χ2n) is 9.87. The molecule has 0 unspecified atom stereocenters. The highest BCUT2D eigenvalue weighted by Crippen LogP contribution is 2.67. The first-order valence-corrected chi connectivity index (χ1v) is 10.9. The van der Waals surface area contributed by atoms with Crippen LogP contribution in [-0.2, 0) is 16.1 Å². The predicted molar refractivity (Wildman–Crippen MR) is 115 cm³/mol. The van der Waals surface area contributed by atoms with Crippen molar-refractivity contribution in [3.05, 3.63) is 47.0 Å². The zero-order chi connectivity index (χ0) is 22.6. The first-order chi connectivity index (χ1) is 14.5. The summed E-state index contributed by atoms with van der Waals surface area (Å²) in [5, 5.41) is 24.3. The zero-order valence-corrected chi connectivity index (χ0v) is 18.6. The number of aliphatic hydroxyl groups is 1. The highest BCUT2D eigenvalue weighted by Gasteiger charge is 2.70. The topological polar surface area (TPSA) is 99.1 Å². The van der Waals surface area contributed by atoms with Crippen molar-refractivity contribution in [3.63, 3.8) is 0 Å². The number of nitrogens with one attached hydrogen (secondary N) is 1. The van der Waals surface area contributed by atoms with E-state index in [9.17, 15) is 19.8 Å². The fraction of sp³-hybridized carbons (Fsp3) is 0.583. The van der Waals surface area contributed by atoms with Crippen molar-refractivity contribution < 1.29 is 24.5 Å². The summed E-state index contributed by atoms with van der Waals surface area (Å²) in [6.45, 7) is 6.10. The molecule has 3 N–H and O–H groups in total. The third-order valence-electron chi connectivity index (χ3n) is 8.59. The number of amides is 1. The van der Waals surface area contributed by atoms with Crippen molar-refractivity contribution in [1.82, 2.24) is 10.2 Å². The van der Waals surface area contributed by atoms with E-state index >= 15 is 0 Å². The molecule has 5 atom stereocenters. The Kier molecular flexibility index (Phi) is 5.17. The van der Waals surface area contributed by atoms with Crippen molar-refractivity contribution in [1.29, 1.82) is 0 Å². The molecule has 1 aromatic rings. The number of carboxylic acid groups (broad SMARTS) is 1. The standard InChI is InChI=1S/C24H32N2O5/c1-15(20(27)28)17-12-19-22(2)11-10-18(23(22,3)14-24(17,30)26(19)4)25-21(29)31-13-16-8-6-5-7-9-16/h5-9,18-19,30H,10-14H2,1-4H3,(H,25,29)(H,27,28)/b17-15-/t18-,19-,22+,23+,24+/m0/s1. The Labute approximate surface area is 183 Å². The van der Waals surface area contributed by atoms with Gasteiger partial charge < -0.3 is 20.3 Å². The molecule has 4 rings (SSSR count). The first kappa shape index (κ1) is 21.8. The van der Waals surface area contributed by atoms with Gasteiger partial charge in [0.25, 0.3) is 0 Å². The van der Waals surface area contributed by atoms with E-state index in [1.54, 1.807) is 6.92 Å². The number of fused-ring (bicyclic) bond motifs is 4. The van der Waals surface area contributed by atoms with E-state index < -0.39 is 23.2 Å². The van der Waals surface area contributed by atoms with Gasteiger partial charge in [0.1, 0.15) is 12.3 Å². The number of carboxylic acids is 1. The van der Waals surface area contributed by atoms with Gasteiger partial charge in [-0.25, -0.2) is 9.59 Å². The minimum absolute atomic E-state index is 0.00712. The molecule has 2 saturated heterocycles. The molecule has 0 radical (unpaired) electrons. The van der Waals surface area contributed by atoms with Crippen LogP contribution >= 0.6 is 0 Å². The maximum absolute atomic E-state index is 12.6. The Hall–Kier alpha value is -2.38. The summed E-state index contributed by atoms with van der Waals surface area (Å²) < 4.78 is 5.44. The van der Waals surface area contributed by atoms with E-state index in [0.29, 0.717) is 18.4 Å². The normalized spacial score (nSPS) is 38.5. The van der Waals surface area contributed by atoms with E-state index in [4.69, 9.17) is 4.74 Å². The Morgan fingerprint density at radius 1 is 1.23 bits per heavy atom. The maximum atomic E-state index is 12.6. The highest BCUT2D eigenvalue weighted by molar-refractivity contribution is 5.87. The SMILES string of the molecule is C/C(C(=O)O)=C1\C[C@@H]2N(C)[C@@]1(O)C[C@]1(C)[C@@H](NC(=O)OCc3ccccc3)CC[C@]21C. The molecule has 3 fully saturated rings. The van der Waals surface area contributed by atoms with Gasteiger partial charge in [0.15, 0.2) is 0 Å². The summed E-state index contributed by atoms with van der Waals surface area (Å²) in [5.74, 6) is -0.996. The number of benzene rings is 1. The molecule has 31 heavy (non-hydrogen) atoms. The predicted octanol–water partition coefficient (Wildman–Crippen LogP) is 3.29. The molecule has 7 heteroatoms. The van der Waals surface area contributed by atoms with Gasteiger partial charge in [-0.2, -0.15) is 0 Å².